The van der Waals surface area contributed by atoms with Crippen LogP contribution < -0.4 is 16.0 Å². The van der Waals surface area contributed by atoms with E-state index in [0.717, 1.165) is 34.5 Å². The highest BCUT2D eigenvalue weighted by molar-refractivity contribution is 6.38. The van der Waals surface area contributed by atoms with Crippen molar-refractivity contribution < 1.29 is 9.59 Å². The number of hydrogen-bond acceptors (Lipinski definition) is 3. The molecule has 3 aromatic carbocycles. The van der Waals surface area contributed by atoms with Gasteiger partial charge in [-0.15, -0.1) is 0 Å². The van der Waals surface area contributed by atoms with E-state index in [1.807, 2.05) is 60.7 Å². The van der Waals surface area contributed by atoms with E-state index in [1.165, 1.54) is 6.92 Å². The summed E-state index contributed by atoms with van der Waals surface area (Å²) >= 11 is 6.11. The molecule has 0 unspecified atom stereocenters. The second-order valence-corrected chi connectivity index (χ2v) is 7.75. The molecule has 1 aliphatic heterocycles. The van der Waals surface area contributed by atoms with Gasteiger partial charge in [-0.2, -0.15) is 0 Å². The number of halogens is 1. The molecule has 3 aromatic rings. The maximum absolute atomic E-state index is 12.9. The number of anilines is 2. The first-order chi connectivity index (χ1) is 15.0. The van der Waals surface area contributed by atoms with Crippen LogP contribution in [0.15, 0.2) is 72.8 Å². The van der Waals surface area contributed by atoms with Crippen molar-refractivity contribution in [2.45, 2.75) is 13.3 Å². The van der Waals surface area contributed by atoms with Gasteiger partial charge in [0, 0.05) is 29.7 Å². The summed E-state index contributed by atoms with van der Waals surface area (Å²) in [7, 11) is 0. The fraction of sp³-hybridized carbons (Fsp3) is 0.120. The lowest BCUT2D eigenvalue weighted by Gasteiger charge is -2.15. The Labute approximate surface area is 186 Å². The third-order valence-electron chi connectivity index (χ3n) is 5.05. The molecule has 6 heteroatoms. The van der Waals surface area contributed by atoms with Crippen LogP contribution in [0.5, 0.6) is 0 Å². The average Bonchev–Trinajstić information content (AvgIpc) is 3.08. The number of hydrogen-bond donors (Lipinski definition) is 3. The summed E-state index contributed by atoms with van der Waals surface area (Å²) in [6.45, 7) is 2.11. The van der Waals surface area contributed by atoms with Gasteiger partial charge >= 0.3 is 0 Å². The van der Waals surface area contributed by atoms with E-state index in [2.05, 4.69) is 16.0 Å². The first-order valence-electron chi connectivity index (χ1n) is 10.0. The molecule has 0 fully saturated rings. The molecule has 1 aliphatic rings. The fourth-order valence-electron chi connectivity index (χ4n) is 3.56. The van der Waals surface area contributed by atoms with Crippen LogP contribution in [0.25, 0.3) is 11.3 Å². The van der Waals surface area contributed by atoms with E-state index in [9.17, 15) is 9.59 Å². The zero-order valence-corrected chi connectivity index (χ0v) is 17.8. The smallest absolute Gasteiger partial charge is 0.258 e. The van der Waals surface area contributed by atoms with Crippen molar-refractivity contribution in [1.29, 1.82) is 0 Å². The minimum atomic E-state index is -0.171. The van der Waals surface area contributed by atoms with Crippen molar-refractivity contribution in [3.8, 4) is 0 Å². The van der Waals surface area contributed by atoms with E-state index in [0.29, 0.717) is 22.8 Å². The number of nitrogens with one attached hydrogen (secondary N) is 3. The van der Waals surface area contributed by atoms with Gasteiger partial charge < -0.3 is 16.0 Å². The van der Waals surface area contributed by atoms with Crippen LogP contribution >= 0.6 is 11.6 Å². The molecule has 0 saturated carbocycles. The van der Waals surface area contributed by atoms with Crippen molar-refractivity contribution >= 4 is 46.1 Å². The Morgan fingerprint density at radius 3 is 2.45 bits per heavy atom. The summed E-state index contributed by atoms with van der Waals surface area (Å²) in [5.74, 6) is -0.204. The maximum atomic E-state index is 12.9. The second-order valence-electron chi connectivity index (χ2n) is 7.31. The first-order valence-corrected chi connectivity index (χ1v) is 10.4. The molecule has 156 valence electrons. The zero-order chi connectivity index (χ0) is 21.8. The number of carbonyl (C=O) groups is 2. The lowest BCUT2D eigenvalue weighted by molar-refractivity contribution is -0.119. The Bertz CT molecular complexity index is 1160. The number of benzene rings is 3. The molecule has 0 aromatic heterocycles. The Kier molecular flexibility index (Phi) is 6.05. The molecule has 2 amide bonds. The second kappa shape index (κ2) is 9.06. The third kappa shape index (κ3) is 4.78. The van der Waals surface area contributed by atoms with Crippen LogP contribution in [0.3, 0.4) is 0 Å². The van der Waals surface area contributed by atoms with E-state index < -0.39 is 0 Å². The summed E-state index contributed by atoms with van der Waals surface area (Å²) in [4.78, 5) is 23.9. The third-order valence-corrected chi connectivity index (χ3v) is 5.28. The van der Waals surface area contributed by atoms with Crippen molar-refractivity contribution in [2.75, 3.05) is 17.2 Å². The van der Waals surface area contributed by atoms with Crippen molar-refractivity contribution in [2.24, 2.45) is 0 Å². The van der Waals surface area contributed by atoms with Crippen molar-refractivity contribution in [3.05, 3.63) is 94.5 Å². The highest BCUT2D eigenvalue weighted by atomic mass is 35.5. The lowest BCUT2D eigenvalue weighted by Crippen LogP contribution is -2.22. The standard InChI is InChI=1S/C25H22ClN3O2/c1-16(30)27-14-13-17-7-10-20(11-8-17)28-24(18-5-3-2-4-6-18)23-21-12-9-19(26)15-22(21)29-25(23)31/h2-12,15,28H,13-14H2,1H3,(H,27,30)(H,29,31). The summed E-state index contributed by atoms with van der Waals surface area (Å²) in [5, 5.41) is 9.73. The first kappa shape index (κ1) is 20.7. The maximum Gasteiger partial charge on any atom is 0.258 e. The van der Waals surface area contributed by atoms with Gasteiger partial charge in [0.15, 0.2) is 0 Å². The van der Waals surface area contributed by atoms with Gasteiger partial charge in [0.2, 0.25) is 5.91 Å². The van der Waals surface area contributed by atoms with Gasteiger partial charge in [-0.3, -0.25) is 9.59 Å². The molecule has 0 radical (unpaired) electrons. The minimum Gasteiger partial charge on any atom is -0.356 e. The normalized spacial score (nSPS) is 13.9. The Morgan fingerprint density at radius 1 is 1.00 bits per heavy atom. The molecule has 1 heterocycles. The quantitative estimate of drug-likeness (QED) is 0.483. The zero-order valence-electron chi connectivity index (χ0n) is 17.0. The number of rotatable bonds is 6. The van der Waals surface area contributed by atoms with E-state index in [1.54, 1.807) is 12.1 Å². The van der Waals surface area contributed by atoms with Gasteiger partial charge in [-0.1, -0.05) is 60.1 Å². The van der Waals surface area contributed by atoms with Crippen molar-refractivity contribution in [3.63, 3.8) is 0 Å². The molecule has 4 rings (SSSR count). The SMILES string of the molecule is CC(=O)NCCc1ccc(NC(=C2C(=O)Nc3cc(Cl)ccc32)c2ccccc2)cc1. The predicted molar refractivity (Wildman–Crippen MR) is 126 cm³/mol. The highest BCUT2D eigenvalue weighted by Gasteiger charge is 2.28. The average molecular weight is 432 g/mol. The monoisotopic (exact) mass is 431 g/mol. The molecular weight excluding hydrogens is 410 g/mol. The molecule has 0 aliphatic carbocycles. The molecular formula is C25H22ClN3O2. The lowest BCUT2D eigenvalue weighted by atomic mass is 10.00. The molecule has 31 heavy (non-hydrogen) atoms. The topological polar surface area (TPSA) is 70.2 Å². The Morgan fingerprint density at radius 2 is 1.74 bits per heavy atom. The molecule has 0 spiro atoms. The Hall–Kier alpha value is -3.57. The van der Waals surface area contributed by atoms with E-state index in [-0.39, 0.29) is 11.8 Å². The van der Waals surface area contributed by atoms with Crippen molar-refractivity contribution in [1.82, 2.24) is 5.32 Å². The van der Waals surface area contributed by atoms with E-state index in [4.69, 9.17) is 11.6 Å². The number of carbonyl (C=O) groups excluding carboxylic acids is 2. The van der Waals surface area contributed by atoms with Gasteiger partial charge in [-0.05, 0) is 41.8 Å². The summed E-state index contributed by atoms with van der Waals surface area (Å²) in [5.41, 5.74) is 5.71. The molecule has 0 bridgehead atoms. The van der Waals surface area contributed by atoms with E-state index >= 15 is 0 Å². The van der Waals surface area contributed by atoms with Gasteiger partial charge in [0.1, 0.15) is 0 Å². The number of amides is 2. The summed E-state index contributed by atoms with van der Waals surface area (Å²) in [6, 6.07) is 23.2. The van der Waals surface area contributed by atoms with Crippen LogP contribution in [-0.4, -0.2) is 18.4 Å². The highest BCUT2D eigenvalue weighted by Crippen LogP contribution is 2.38. The van der Waals surface area contributed by atoms with Gasteiger partial charge in [-0.25, -0.2) is 0 Å². The molecule has 3 N–H and O–H groups in total. The van der Waals surface area contributed by atoms with Gasteiger partial charge in [0.05, 0.1) is 17.0 Å². The van der Waals surface area contributed by atoms with Crippen LogP contribution in [0, 0.1) is 0 Å². The van der Waals surface area contributed by atoms with Gasteiger partial charge in [0.25, 0.3) is 5.91 Å². The minimum absolute atomic E-state index is 0.0335. The largest absolute Gasteiger partial charge is 0.356 e. The summed E-state index contributed by atoms with van der Waals surface area (Å²) < 4.78 is 0. The predicted octanol–water partition coefficient (Wildman–Crippen LogP) is 4.95. The molecule has 0 atom stereocenters. The summed E-state index contributed by atoms with van der Waals surface area (Å²) in [6.07, 6.45) is 0.753. The molecule has 0 saturated heterocycles. The molecule has 5 nitrogen and oxygen atoms in total. The number of fused-ring (bicyclic) bond motifs is 1. The fourth-order valence-corrected chi connectivity index (χ4v) is 3.73. The van der Waals surface area contributed by atoms with Crippen LogP contribution in [0.2, 0.25) is 5.02 Å². The van der Waals surface area contributed by atoms with Crippen LogP contribution in [0.1, 0.15) is 23.6 Å². The van der Waals surface area contributed by atoms with Crippen LogP contribution in [0.4, 0.5) is 11.4 Å². The van der Waals surface area contributed by atoms with Crippen LogP contribution in [-0.2, 0) is 16.0 Å². The Balaban J connectivity index is 1.68.